The lowest BCUT2D eigenvalue weighted by Crippen LogP contribution is -2.57. The molecule has 0 radical (unpaired) electrons. The van der Waals surface area contributed by atoms with E-state index in [1.54, 1.807) is 31.4 Å². The molecule has 1 heterocycles. The third kappa shape index (κ3) is 3.76. The molecule has 1 aromatic rings. The predicted molar refractivity (Wildman–Crippen MR) is 79.9 cm³/mol. The zero-order valence-corrected chi connectivity index (χ0v) is 12.5. The Hall–Kier alpha value is -2.55. The van der Waals surface area contributed by atoms with Crippen molar-refractivity contribution in [3.63, 3.8) is 0 Å². The molecule has 1 aromatic carbocycles. The first-order valence-electron chi connectivity index (χ1n) is 7.27. The zero-order valence-electron chi connectivity index (χ0n) is 12.5. The fourth-order valence-electron chi connectivity index (χ4n) is 2.42. The van der Waals surface area contributed by atoms with Gasteiger partial charge in [0.2, 0.25) is 11.8 Å². The van der Waals surface area contributed by atoms with Gasteiger partial charge in [0.25, 0.3) is 0 Å². The van der Waals surface area contributed by atoms with E-state index in [0.717, 1.165) is 18.4 Å². The molecule has 0 bridgehead atoms. The first-order valence-corrected chi connectivity index (χ1v) is 7.27. The number of methoxy groups -OCH3 is 1. The van der Waals surface area contributed by atoms with E-state index in [2.05, 4.69) is 16.7 Å². The maximum absolute atomic E-state index is 12.2. The van der Waals surface area contributed by atoms with Crippen molar-refractivity contribution in [2.24, 2.45) is 0 Å². The largest absolute Gasteiger partial charge is 0.497 e. The molecule has 2 atom stereocenters. The van der Waals surface area contributed by atoms with Crippen LogP contribution in [0.2, 0.25) is 0 Å². The SMILES string of the molecule is COc1ccc([C@H]2NC(=O)C(CCCCC#N)NC2=O)cc1. The van der Waals surface area contributed by atoms with Crippen LogP contribution in [-0.2, 0) is 9.59 Å². The van der Waals surface area contributed by atoms with Crippen molar-refractivity contribution in [3.8, 4) is 11.8 Å². The summed E-state index contributed by atoms with van der Waals surface area (Å²) in [4.78, 5) is 24.3. The maximum Gasteiger partial charge on any atom is 0.247 e. The van der Waals surface area contributed by atoms with E-state index in [1.807, 2.05) is 0 Å². The van der Waals surface area contributed by atoms with Crippen LogP contribution >= 0.6 is 0 Å². The van der Waals surface area contributed by atoms with Crippen LogP contribution in [0.3, 0.4) is 0 Å². The van der Waals surface area contributed by atoms with Gasteiger partial charge in [-0.15, -0.1) is 0 Å². The number of carbonyl (C=O) groups excluding carboxylic acids is 2. The first kappa shape index (κ1) is 15.8. The quantitative estimate of drug-likeness (QED) is 0.778. The normalized spacial score (nSPS) is 20.7. The Labute approximate surface area is 129 Å². The summed E-state index contributed by atoms with van der Waals surface area (Å²) in [6.45, 7) is 0. The third-order valence-electron chi connectivity index (χ3n) is 3.66. The molecule has 0 aromatic heterocycles. The highest BCUT2D eigenvalue weighted by Gasteiger charge is 2.33. The van der Waals surface area contributed by atoms with Gasteiger partial charge in [0, 0.05) is 6.42 Å². The predicted octanol–water partition coefficient (Wildman–Crippen LogP) is 1.43. The Morgan fingerprint density at radius 2 is 1.86 bits per heavy atom. The first-order chi connectivity index (χ1) is 10.7. The minimum atomic E-state index is -0.672. The van der Waals surface area contributed by atoms with Gasteiger partial charge in [-0.2, -0.15) is 5.26 Å². The summed E-state index contributed by atoms with van der Waals surface area (Å²) >= 11 is 0. The lowest BCUT2D eigenvalue weighted by Gasteiger charge is -2.29. The van der Waals surface area contributed by atoms with Crippen LogP contribution in [0.4, 0.5) is 0 Å². The molecular formula is C16H19N3O3. The molecule has 116 valence electrons. The fraction of sp³-hybridized carbons (Fsp3) is 0.438. The Bertz CT molecular complexity index is 577. The zero-order chi connectivity index (χ0) is 15.9. The van der Waals surface area contributed by atoms with Crippen molar-refractivity contribution in [1.82, 2.24) is 10.6 Å². The van der Waals surface area contributed by atoms with E-state index in [1.165, 1.54) is 0 Å². The molecule has 2 amide bonds. The van der Waals surface area contributed by atoms with Crippen molar-refractivity contribution in [1.29, 1.82) is 5.26 Å². The van der Waals surface area contributed by atoms with E-state index in [0.29, 0.717) is 18.6 Å². The molecule has 1 aliphatic rings. The van der Waals surface area contributed by atoms with Gasteiger partial charge in [-0.1, -0.05) is 12.1 Å². The molecule has 0 aliphatic carbocycles. The molecule has 1 saturated heterocycles. The molecule has 0 saturated carbocycles. The van der Waals surface area contributed by atoms with Crippen molar-refractivity contribution in [3.05, 3.63) is 29.8 Å². The van der Waals surface area contributed by atoms with Gasteiger partial charge in [-0.25, -0.2) is 0 Å². The number of carbonyl (C=O) groups is 2. The minimum absolute atomic E-state index is 0.183. The van der Waals surface area contributed by atoms with Gasteiger partial charge < -0.3 is 15.4 Å². The number of benzene rings is 1. The number of rotatable bonds is 6. The number of nitrogens with zero attached hydrogens (tertiary/aromatic N) is 1. The molecular weight excluding hydrogens is 282 g/mol. The number of nitrogens with one attached hydrogen (secondary N) is 2. The number of unbranched alkanes of at least 4 members (excludes halogenated alkanes) is 2. The highest BCUT2D eigenvalue weighted by Crippen LogP contribution is 2.21. The van der Waals surface area contributed by atoms with Crippen LogP contribution in [0.1, 0.15) is 37.3 Å². The van der Waals surface area contributed by atoms with E-state index in [4.69, 9.17) is 10.00 Å². The van der Waals surface area contributed by atoms with E-state index < -0.39 is 12.1 Å². The van der Waals surface area contributed by atoms with Crippen LogP contribution in [0.15, 0.2) is 24.3 Å². The van der Waals surface area contributed by atoms with E-state index in [-0.39, 0.29) is 11.8 Å². The van der Waals surface area contributed by atoms with Crippen LogP contribution in [0, 0.1) is 11.3 Å². The average molecular weight is 301 g/mol. The molecule has 1 aliphatic heterocycles. The third-order valence-corrected chi connectivity index (χ3v) is 3.66. The summed E-state index contributed by atoms with van der Waals surface area (Å²) in [5, 5.41) is 14.0. The second kappa shape index (κ2) is 7.46. The summed E-state index contributed by atoms with van der Waals surface area (Å²) in [6, 6.07) is 7.91. The topological polar surface area (TPSA) is 91.2 Å². The van der Waals surface area contributed by atoms with Gasteiger partial charge in [0.05, 0.1) is 13.2 Å². The van der Waals surface area contributed by atoms with Crippen molar-refractivity contribution in [2.75, 3.05) is 7.11 Å². The van der Waals surface area contributed by atoms with Crippen molar-refractivity contribution in [2.45, 2.75) is 37.8 Å². The van der Waals surface area contributed by atoms with Gasteiger partial charge in [-0.3, -0.25) is 9.59 Å². The molecule has 6 heteroatoms. The van der Waals surface area contributed by atoms with Crippen molar-refractivity contribution >= 4 is 11.8 Å². The highest BCUT2D eigenvalue weighted by atomic mass is 16.5. The number of amides is 2. The molecule has 0 spiro atoms. The minimum Gasteiger partial charge on any atom is -0.497 e. The maximum atomic E-state index is 12.2. The number of hydrogen-bond acceptors (Lipinski definition) is 4. The van der Waals surface area contributed by atoms with E-state index in [9.17, 15) is 9.59 Å². The molecule has 22 heavy (non-hydrogen) atoms. The monoisotopic (exact) mass is 301 g/mol. The summed E-state index contributed by atoms with van der Waals surface area (Å²) in [5.41, 5.74) is 0.717. The highest BCUT2D eigenvalue weighted by molar-refractivity contribution is 5.97. The Kier molecular flexibility index (Phi) is 5.37. The molecule has 6 nitrogen and oxygen atoms in total. The Balaban J connectivity index is 1.96. The standard InChI is InChI=1S/C16H19N3O3/c1-22-12-8-6-11(7-9-12)14-16(21)18-13(15(20)19-14)5-3-2-4-10-17/h6-9,13-14H,2-5H2,1H3,(H,18,21)(H,19,20)/t13?,14-/m1/s1. The second-order valence-electron chi connectivity index (χ2n) is 5.18. The van der Waals surface area contributed by atoms with Crippen LogP contribution in [0.25, 0.3) is 0 Å². The molecule has 1 unspecified atom stereocenters. The smallest absolute Gasteiger partial charge is 0.247 e. The number of piperazine rings is 1. The lowest BCUT2D eigenvalue weighted by molar-refractivity contribution is -0.137. The number of ether oxygens (including phenoxy) is 1. The van der Waals surface area contributed by atoms with Crippen molar-refractivity contribution < 1.29 is 14.3 Å². The van der Waals surface area contributed by atoms with Gasteiger partial charge in [0.1, 0.15) is 17.8 Å². The summed E-state index contributed by atoms with van der Waals surface area (Å²) in [7, 11) is 1.57. The summed E-state index contributed by atoms with van der Waals surface area (Å²) in [5.74, 6) is 0.300. The Morgan fingerprint density at radius 3 is 2.50 bits per heavy atom. The second-order valence-corrected chi connectivity index (χ2v) is 5.18. The summed E-state index contributed by atoms with van der Waals surface area (Å²) in [6.07, 6.45) is 2.49. The molecule has 2 N–H and O–H groups in total. The van der Waals surface area contributed by atoms with Crippen LogP contribution < -0.4 is 15.4 Å². The Morgan fingerprint density at radius 1 is 1.14 bits per heavy atom. The average Bonchev–Trinajstić information content (AvgIpc) is 2.54. The van der Waals surface area contributed by atoms with Gasteiger partial charge in [0.15, 0.2) is 0 Å². The number of nitriles is 1. The van der Waals surface area contributed by atoms with Crippen LogP contribution in [-0.4, -0.2) is 25.0 Å². The van der Waals surface area contributed by atoms with E-state index >= 15 is 0 Å². The molecule has 1 fully saturated rings. The lowest BCUT2D eigenvalue weighted by atomic mass is 9.99. The van der Waals surface area contributed by atoms with Crippen LogP contribution in [0.5, 0.6) is 5.75 Å². The summed E-state index contributed by atoms with van der Waals surface area (Å²) < 4.78 is 5.07. The fourth-order valence-corrected chi connectivity index (χ4v) is 2.42. The number of hydrogen-bond donors (Lipinski definition) is 2. The molecule has 2 rings (SSSR count). The van der Waals surface area contributed by atoms with Gasteiger partial charge in [-0.05, 0) is 37.0 Å². The van der Waals surface area contributed by atoms with Gasteiger partial charge >= 0.3 is 0 Å².